The molecule has 2 rings (SSSR count). The zero-order valence-corrected chi connectivity index (χ0v) is 25.8. The molecular weight excluding hydrogens is 587 g/mol. The zero-order chi connectivity index (χ0) is 33.2. The Kier molecular flexibility index (Phi) is 13.9. The Labute approximate surface area is 255 Å². The molecular formula is C29H46F3N5O7. The average Bonchev–Trinajstić information content (AvgIpc) is 2.96. The third-order valence-electron chi connectivity index (χ3n) is 7.76. The molecule has 1 aliphatic carbocycles. The molecule has 1 heterocycles. The quantitative estimate of drug-likeness (QED) is 0.178. The van der Waals surface area contributed by atoms with Crippen LogP contribution in [0.1, 0.15) is 91.9 Å². The summed E-state index contributed by atoms with van der Waals surface area (Å²) in [6.45, 7) is 6.50. The maximum atomic E-state index is 13.9. The van der Waals surface area contributed by atoms with Gasteiger partial charge in [-0.2, -0.15) is 13.2 Å². The number of nitrogens with one attached hydrogen (secondary N) is 3. The second-order valence-electron chi connectivity index (χ2n) is 12.3. The smallest absolute Gasteiger partial charge is 0.419 e. The first kappa shape index (κ1) is 36.8. The van der Waals surface area contributed by atoms with E-state index in [4.69, 9.17) is 5.73 Å². The Morgan fingerprint density at radius 2 is 1.59 bits per heavy atom. The number of amides is 5. The van der Waals surface area contributed by atoms with Gasteiger partial charge in [-0.25, -0.2) is 9.59 Å². The van der Waals surface area contributed by atoms with Crippen LogP contribution >= 0.6 is 0 Å². The summed E-state index contributed by atoms with van der Waals surface area (Å²) in [6.07, 6.45) is -0.505. The van der Waals surface area contributed by atoms with E-state index in [9.17, 15) is 41.9 Å². The van der Waals surface area contributed by atoms with E-state index in [1.54, 1.807) is 5.32 Å². The number of ketones is 1. The van der Waals surface area contributed by atoms with Crippen LogP contribution in [0.2, 0.25) is 0 Å². The van der Waals surface area contributed by atoms with Crippen molar-refractivity contribution in [3.63, 3.8) is 0 Å². The lowest BCUT2D eigenvalue weighted by Gasteiger charge is -2.36. The maximum Gasteiger partial charge on any atom is 0.419 e. The van der Waals surface area contributed by atoms with Gasteiger partial charge in [-0.1, -0.05) is 52.4 Å². The van der Waals surface area contributed by atoms with Gasteiger partial charge >= 0.3 is 18.2 Å². The summed E-state index contributed by atoms with van der Waals surface area (Å²) in [4.78, 5) is 78.0. The van der Waals surface area contributed by atoms with Gasteiger partial charge in [0.15, 0.2) is 0 Å². The highest BCUT2D eigenvalue weighted by molar-refractivity contribution is 6.37. The number of Topliss-reactive ketones (excluding diaryl/α,β-unsaturated/α-hetero) is 1. The minimum Gasteiger partial charge on any atom is -0.461 e. The van der Waals surface area contributed by atoms with Crippen LogP contribution in [0.15, 0.2) is 0 Å². The van der Waals surface area contributed by atoms with Gasteiger partial charge in [0, 0.05) is 6.54 Å². The highest BCUT2D eigenvalue weighted by Gasteiger charge is 2.48. The number of esters is 1. The molecule has 1 saturated carbocycles. The largest absolute Gasteiger partial charge is 0.461 e. The minimum absolute atomic E-state index is 0.0797. The third kappa shape index (κ3) is 11.3. The minimum atomic E-state index is -5.16. The number of halogens is 3. The second kappa shape index (κ2) is 16.6. The van der Waals surface area contributed by atoms with Crippen LogP contribution in [-0.2, 0) is 28.7 Å². The highest BCUT2D eigenvalue weighted by Crippen LogP contribution is 2.31. The van der Waals surface area contributed by atoms with E-state index >= 15 is 0 Å². The fraction of sp³-hybridized carbons (Fsp3) is 0.793. The van der Waals surface area contributed by atoms with Crippen LogP contribution in [0, 0.1) is 11.8 Å². The van der Waals surface area contributed by atoms with Crippen LogP contribution < -0.4 is 21.7 Å². The van der Waals surface area contributed by atoms with Crippen molar-refractivity contribution >= 4 is 35.5 Å². The second-order valence-corrected chi connectivity index (χ2v) is 12.3. The Morgan fingerprint density at radius 1 is 0.955 bits per heavy atom. The molecule has 0 aromatic carbocycles. The Morgan fingerprint density at radius 3 is 2.11 bits per heavy atom. The standard InChI is InChI=1S/C29H46F3N5O7/c1-16(2)14-21(25(40)34-20(22(38)24(33)39)15-18-10-9-11-18)37-13-8-6-5-7-12-19(26(37)41)35-28(43)36-23(29(30,31)32)27(42)44-17(3)4/h16-21,23H,5-15H2,1-4H3,(H2,33,39)(H,34,40)(H2,35,36,43)/t19-,20?,21+,23+/m0/s1. The molecule has 1 unspecified atom stereocenters. The van der Waals surface area contributed by atoms with E-state index in [0.29, 0.717) is 25.7 Å². The summed E-state index contributed by atoms with van der Waals surface area (Å²) in [6, 6.07) is -7.91. The molecule has 1 aliphatic heterocycles. The first-order valence-electron chi connectivity index (χ1n) is 15.3. The number of carbonyl (C=O) groups is 6. The van der Waals surface area contributed by atoms with Crippen molar-refractivity contribution in [3.05, 3.63) is 0 Å². The lowest BCUT2D eigenvalue weighted by molar-refractivity contribution is -0.185. The van der Waals surface area contributed by atoms with Gasteiger partial charge in [0.05, 0.1) is 12.1 Å². The van der Waals surface area contributed by atoms with E-state index in [-0.39, 0.29) is 37.6 Å². The molecule has 5 N–H and O–H groups in total. The third-order valence-corrected chi connectivity index (χ3v) is 7.76. The lowest BCUT2D eigenvalue weighted by Crippen LogP contribution is -2.61. The molecule has 44 heavy (non-hydrogen) atoms. The van der Waals surface area contributed by atoms with Gasteiger partial charge in [-0.05, 0) is 51.4 Å². The molecule has 2 fully saturated rings. The van der Waals surface area contributed by atoms with Crippen molar-refractivity contribution < 1.29 is 46.7 Å². The van der Waals surface area contributed by atoms with Gasteiger partial charge in [0.1, 0.15) is 12.1 Å². The monoisotopic (exact) mass is 633 g/mol. The number of nitrogens with two attached hydrogens (primary N) is 1. The lowest BCUT2D eigenvalue weighted by atomic mass is 9.80. The Bertz CT molecular complexity index is 1050. The van der Waals surface area contributed by atoms with E-state index in [1.165, 1.54) is 18.7 Å². The maximum absolute atomic E-state index is 13.9. The highest BCUT2D eigenvalue weighted by atomic mass is 19.4. The molecule has 5 amide bonds. The number of ether oxygens (including phenoxy) is 1. The Balaban J connectivity index is 2.31. The van der Waals surface area contributed by atoms with Crippen molar-refractivity contribution in [2.75, 3.05) is 6.54 Å². The molecule has 0 bridgehead atoms. The molecule has 1 saturated heterocycles. The van der Waals surface area contributed by atoms with E-state index in [1.807, 2.05) is 13.8 Å². The summed E-state index contributed by atoms with van der Waals surface area (Å²) >= 11 is 0. The molecule has 0 aromatic heterocycles. The molecule has 15 heteroatoms. The van der Waals surface area contributed by atoms with E-state index in [0.717, 1.165) is 19.3 Å². The molecule has 12 nitrogen and oxygen atoms in total. The van der Waals surface area contributed by atoms with Crippen molar-refractivity contribution in [1.82, 2.24) is 20.9 Å². The fourth-order valence-electron chi connectivity index (χ4n) is 5.32. The topological polar surface area (TPSA) is 177 Å². The molecule has 250 valence electrons. The van der Waals surface area contributed by atoms with Crippen LogP contribution in [0.25, 0.3) is 0 Å². The van der Waals surface area contributed by atoms with Crippen molar-refractivity contribution in [2.24, 2.45) is 17.6 Å². The number of urea groups is 1. The number of rotatable bonds is 13. The summed E-state index contributed by atoms with van der Waals surface area (Å²) in [5.41, 5.74) is 5.24. The number of alkyl halides is 3. The van der Waals surface area contributed by atoms with Gasteiger partial charge < -0.3 is 31.3 Å². The predicted molar refractivity (Wildman–Crippen MR) is 153 cm³/mol. The summed E-state index contributed by atoms with van der Waals surface area (Å²) < 4.78 is 45.4. The van der Waals surface area contributed by atoms with E-state index < -0.39 is 72.0 Å². The number of hydrogen-bond acceptors (Lipinski definition) is 7. The number of nitrogens with zero attached hydrogens (tertiary/aromatic N) is 1. The Hall–Kier alpha value is -3.39. The predicted octanol–water partition coefficient (Wildman–Crippen LogP) is 2.47. The molecule has 0 spiro atoms. The first-order valence-corrected chi connectivity index (χ1v) is 15.3. The first-order chi connectivity index (χ1) is 20.5. The SMILES string of the molecule is CC(C)C[C@H](C(=O)NC(CC1CCC1)C(=O)C(N)=O)N1CCCCCC[C@H](NC(=O)N[C@H](C(=O)OC(C)C)C(F)(F)F)C1=O. The van der Waals surface area contributed by atoms with Crippen LogP contribution in [0.5, 0.6) is 0 Å². The molecule has 4 atom stereocenters. The number of hydrogen-bond donors (Lipinski definition) is 4. The molecule has 0 radical (unpaired) electrons. The van der Waals surface area contributed by atoms with Crippen molar-refractivity contribution in [3.8, 4) is 0 Å². The molecule has 0 aromatic rings. The number of primary amides is 1. The van der Waals surface area contributed by atoms with Crippen LogP contribution in [0.3, 0.4) is 0 Å². The summed E-state index contributed by atoms with van der Waals surface area (Å²) in [5.74, 6) is -5.12. The van der Waals surface area contributed by atoms with Crippen LogP contribution in [0.4, 0.5) is 18.0 Å². The molecule has 2 aliphatic rings. The van der Waals surface area contributed by atoms with Gasteiger partial charge in [0.2, 0.25) is 23.6 Å². The zero-order valence-electron chi connectivity index (χ0n) is 25.8. The summed E-state index contributed by atoms with van der Waals surface area (Å²) in [7, 11) is 0. The summed E-state index contributed by atoms with van der Waals surface area (Å²) in [5, 5.41) is 6.49. The normalized spacial score (nSPS) is 20.3. The van der Waals surface area contributed by atoms with Gasteiger partial charge in [0.25, 0.3) is 5.91 Å². The number of carbonyl (C=O) groups excluding carboxylic acids is 6. The van der Waals surface area contributed by atoms with Crippen LogP contribution in [-0.4, -0.2) is 83.4 Å². The fourth-order valence-corrected chi connectivity index (χ4v) is 5.32. The van der Waals surface area contributed by atoms with Gasteiger partial charge in [-0.15, -0.1) is 0 Å². The van der Waals surface area contributed by atoms with Crippen molar-refractivity contribution in [1.29, 1.82) is 0 Å². The average molecular weight is 634 g/mol. The van der Waals surface area contributed by atoms with Gasteiger partial charge in [-0.3, -0.25) is 19.2 Å². The van der Waals surface area contributed by atoms with E-state index in [2.05, 4.69) is 15.4 Å². The van der Waals surface area contributed by atoms with Crippen molar-refractivity contribution in [2.45, 2.75) is 128 Å².